The van der Waals surface area contributed by atoms with Gasteiger partial charge in [0, 0.05) is 5.69 Å². The number of rotatable bonds is 10. The number of carbonyl (C=O) groups excluding carboxylic acids is 2. The lowest BCUT2D eigenvalue weighted by molar-refractivity contribution is 0.0526. The number of carbonyl (C=O) groups is 2. The fourth-order valence-corrected chi connectivity index (χ4v) is 5.42. The molecule has 1 amide bonds. The molecule has 0 atom stereocenters. The summed E-state index contributed by atoms with van der Waals surface area (Å²) in [6, 6.07) is 28.1. The third-order valence-corrected chi connectivity index (χ3v) is 7.64. The first-order valence-electron chi connectivity index (χ1n) is 12.2. The third kappa shape index (κ3) is 6.45. The lowest BCUT2D eigenvalue weighted by Crippen LogP contribution is -2.32. The maximum absolute atomic E-state index is 14.0. The van der Waals surface area contributed by atoms with Crippen LogP contribution in [0.15, 0.2) is 108 Å². The van der Waals surface area contributed by atoms with Crippen molar-refractivity contribution in [3.63, 3.8) is 0 Å². The van der Waals surface area contributed by atoms with Gasteiger partial charge in [-0.25, -0.2) is 13.2 Å². The molecule has 0 aliphatic carbocycles. The Balaban J connectivity index is 1.73. The largest absolute Gasteiger partial charge is 0.497 e. The highest BCUT2D eigenvalue weighted by atomic mass is 32.2. The topological polar surface area (TPSA) is 102 Å². The summed E-state index contributed by atoms with van der Waals surface area (Å²) in [7, 11) is -2.59. The minimum atomic E-state index is -4.09. The van der Waals surface area contributed by atoms with E-state index in [9.17, 15) is 18.0 Å². The molecule has 0 heterocycles. The molecular formula is C30H28N2O6S. The number of benzene rings is 4. The van der Waals surface area contributed by atoms with Crippen molar-refractivity contribution in [2.45, 2.75) is 18.4 Å². The Morgan fingerprint density at radius 2 is 1.54 bits per heavy atom. The van der Waals surface area contributed by atoms with Gasteiger partial charge in [-0.05, 0) is 67.1 Å². The molecule has 0 aliphatic rings. The minimum Gasteiger partial charge on any atom is -0.497 e. The van der Waals surface area contributed by atoms with E-state index in [4.69, 9.17) is 9.47 Å². The van der Waals surface area contributed by atoms with Crippen LogP contribution >= 0.6 is 0 Å². The number of anilines is 2. The molecule has 0 fully saturated rings. The Hall–Kier alpha value is -4.63. The summed E-state index contributed by atoms with van der Waals surface area (Å²) in [6.45, 7) is 1.93. The van der Waals surface area contributed by atoms with E-state index in [1.165, 1.54) is 29.6 Å². The Morgan fingerprint density at radius 3 is 2.23 bits per heavy atom. The molecule has 0 bridgehead atoms. The van der Waals surface area contributed by atoms with Crippen molar-refractivity contribution in [1.82, 2.24) is 0 Å². The van der Waals surface area contributed by atoms with Gasteiger partial charge < -0.3 is 14.8 Å². The van der Waals surface area contributed by atoms with Crippen molar-refractivity contribution in [1.29, 1.82) is 0 Å². The molecule has 4 aromatic rings. The fourth-order valence-electron chi connectivity index (χ4n) is 3.94. The van der Waals surface area contributed by atoms with Gasteiger partial charge in [0.05, 0.1) is 42.0 Å². The van der Waals surface area contributed by atoms with Crippen molar-refractivity contribution in [3.05, 3.63) is 120 Å². The maximum atomic E-state index is 14.0. The molecule has 0 radical (unpaired) electrons. The summed E-state index contributed by atoms with van der Waals surface area (Å²) in [5.41, 5.74) is 1.75. The molecule has 0 spiro atoms. The van der Waals surface area contributed by atoms with Gasteiger partial charge in [-0.1, -0.05) is 48.5 Å². The van der Waals surface area contributed by atoms with Crippen molar-refractivity contribution in [2.24, 2.45) is 0 Å². The van der Waals surface area contributed by atoms with Gasteiger partial charge >= 0.3 is 5.97 Å². The van der Waals surface area contributed by atoms with Crippen LogP contribution in [0.25, 0.3) is 0 Å². The second kappa shape index (κ2) is 12.3. The number of amides is 1. The molecule has 4 aromatic carbocycles. The van der Waals surface area contributed by atoms with E-state index in [1.54, 1.807) is 61.5 Å². The highest BCUT2D eigenvalue weighted by Gasteiger charge is 2.29. The average Bonchev–Trinajstić information content (AvgIpc) is 2.96. The Bertz CT molecular complexity index is 1550. The van der Waals surface area contributed by atoms with Crippen LogP contribution in [-0.4, -0.2) is 34.0 Å². The molecule has 0 unspecified atom stereocenters. The lowest BCUT2D eigenvalue weighted by atomic mass is 10.1. The quantitative estimate of drug-likeness (QED) is 0.264. The molecule has 9 heteroatoms. The predicted octanol–water partition coefficient (Wildman–Crippen LogP) is 5.52. The maximum Gasteiger partial charge on any atom is 0.338 e. The van der Waals surface area contributed by atoms with Gasteiger partial charge in [0.15, 0.2) is 0 Å². The normalized spacial score (nSPS) is 10.9. The number of nitrogens with zero attached hydrogens (tertiary/aromatic N) is 1. The van der Waals surface area contributed by atoms with Gasteiger partial charge in [0.25, 0.3) is 15.9 Å². The van der Waals surface area contributed by atoms with E-state index in [0.29, 0.717) is 11.4 Å². The highest BCUT2D eigenvalue weighted by Crippen LogP contribution is 2.30. The molecule has 200 valence electrons. The van der Waals surface area contributed by atoms with Crippen LogP contribution in [0.1, 0.15) is 33.2 Å². The number of esters is 1. The van der Waals surface area contributed by atoms with Crippen LogP contribution in [0.2, 0.25) is 0 Å². The van der Waals surface area contributed by atoms with Gasteiger partial charge in [0.1, 0.15) is 5.75 Å². The van der Waals surface area contributed by atoms with Gasteiger partial charge in [-0.3, -0.25) is 9.10 Å². The minimum absolute atomic E-state index is 0.00214. The number of sulfonamides is 1. The average molecular weight is 545 g/mol. The van der Waals surface area contributed by atoms with Gasteiger partial charge in [0.2, 0.25) is 0 Å². The Kier molecular flexibility index (Phi) is 8.63. The molecule has 1 N–H and O–H groups in total. The standard InChI is InChI=1S/C30H28N2O6S/c1-3-38-30(34)23-12-9-13-24(20-23)31-29(33)27-14-7-8-15-28(27)32(21-22-10-5-4-6-11-22)39(35,36)26-18-16-25(37-2)17-19-26/h4-20H,3,21H2,1-2H3,(H,31,33). The highest BCUT2D eigenvalue weighted by molar-refractivity contribution is 7.92. The molecule has 0 saturated heterocycles. The SMILES string of the molecule is CCOC(=O)c1cccc(NC(=O)c2ccccc2N(Cc2ccccc2)S(=O)(=O)c2ccc(OC)cc2)c1. The summed E-state index contributed by atoms with van der Waals surface area (Å²) < 4.78 is 39.3. The summed E-state index contributed by atoms with van der Waals surface area (Å²) in [6.07, 6.45) is 0. The third-order valence-electron chi connectivity index (χ3n) is 5.87. The van der Waals surface area contributed by atoms with Crippen molar-refractivity contribution >= 4 is 33.3 Å². The Morgan fingerprint density at radius 1 is 0.846 bits per heavy atom. The van der Waals surface area contributed by atoms with E-state index in [2.05, 4.69) is 5.32 Å². The smallest absolute Gasteiger partial charge is 0.338 e. The van der Waals surface area contributed by atoms with Crippen molar-refractivity contribution in [2.75, 3.05) is 23.3 Å². The fraction of sp³-hybridized carbons (Fsp3) is 0.133. The van der Waals surface area contributed by atoms with Crippen molar-refractivity contribution in [3.8, 4) is 5.75 Å². The number of ether oxygens (including phenoxy) is 2. The number of para-hydroxylation sites is 1. The zero-order valence-electron chi connectivity index (χ0n) is 21.5. The number of nitrogens with one attached hydrogen (secondary N) is 1. The molecule has 4 rings (SSSR count). The van der Waals surface area contributed by atoms with Crippen molar-refractivity contribution < 1.29 is 27.5 Å². The van der Waals surface area contributed by atoms with E-state index in [0.717, 1.165) is 5.56 Å². The van der Waals surface area contributed by atoms with Crippen LogP contribution in [0, 0.1) is 0 Å². The number of hydrogen-bond acceptors (Lipinski definition) is 6. The predicted molar refractivity (Wildman–Crippen MR) is 150 cm³/mol. The second-order valence-electron chi connectivity index (χ2n) is 8.45. The van der Waals surface area contributed by atoms with E-state index >= 15 is 0 Å². The van der Waals surface area contributed by atoms with Gasteiger partial charge in [-0.15, -0.1) is 0 Å². The van der Waals surface area contributed by atoms with E-state index < -0.39 is 21.9 Å². The zero-order chi connectivity index (χ0) is 27.8. The monoisotopic (exact) mass is 544 g/mol. The molecular weight excluding hydrogens is 516 g/mol. The van der Waals surface area contributed by atoms with E-state index in [1.807, 2.05) is 30.3 Å². The van der Waals surface area contributed by atoms with Crippen LogP contribution < -0.4 is 14.4 Å². The van der Waals surface area contributed by atoms with Crippen LogP contribution in [-0.2, 0) is 21.3 Å². The molecule has 0 aromatic heterocycles. The first kappa shape index (κ1) is 27.4. The first-order chi connectivity index (χ1) is 18.8. The lowest BCUT2D eigenvalue weighted by Gasteiger charge is -2.26. The summed E-state index contributed by atoms with van der Waals surface area (Å²) in [5.74, 6) is -0.517. The zero-order valence-corrected chi connectivity index (χ0v) is 22.4. The Labute approximate surface area is 227 Å². The molecule has 39 heavy (non-hydrogen) atoms. The molecule has 0 saturated carbocycles. The van der Waals surface area contributed by atoms with Crippen LogP contribution in [0.4, 0.5) is 11.4 Å². The number of hydrogen-bond donors (Lipinski definition) is 1. The van der Waals surface area contributed by atoms with Crippen LogP contribution in [0.5, 0.6) is 5.75 Å². The van der Waals surface area contributed by atoms with Gasteiger partial charge in [-0.2, -0.15) is 0 Å². The van der Waals surface area contributed by atoms with E-state index in [-0.39, 0.29) is 34.9 Å². The summed E-state index contributed by atoms with van der Waals surface area (Å²) in [4.78, 5) is 25.7. The first-order valence-corrected chi connectivity index (χ1v) is 13.7. The van der Waals surface area contributed by atoms with Crippen LogP contribution in [0.3, 0.4) is 0 Å². The molecule has 0 aliphatic heterocycles. The second-order valence-corrected chi connectivity index (χ2v) is 10.3. The summed E-state index contributed by atoms with van der Waals surface area (Å²) >= 11 is 0. The summed E-state index contributed by atoms with van der Waals surface area (Å²) in [5, 5.41) is 2.78. The molecule has 8 nitrogen and oxygen atoms in total. The number of methoxy groups -OCH3 is 1.